The van der Waals surface area contributed by atoms with E-state index in [4.69, 9.17) is 0 Å². The Morgan fingerprint density at radius 1 is 0.744 bits per heavy atom. The minimum Gasteiger partial charge on any atom is -0.504 e. The van der Waals surface area contributed by atoms with E-state index in [1.165, 1.54) is 45.4 Å². The van der Waals surface area contributed by atoms with E-state index in [1.54, 1.807) is 13.1 Å². The van der Waals surface area contributed by atoms with Crippen LogP contribution in [0.1, 0.15) is 105 Å². The van der Waals surface area contributed by atoms with Gasteiger partial charge in [0.1, 0.15) is 0 Å². The van der Waals surface area contributed by atoms with Crippen molar-refractivity contribution in [2.75, 3.05) is 13.6 Å². The number of nitrogens with zero attached hydrogens (tertiary/aromatic N) is 1. The van der Waals surface area contributed by atoms with Gasteiger partial charge >= 0.3 is 0 Å². The zero-order valence-electron chi connectivity index (χ0n) is 25.3. The van der Waals surface area contributed by atoms with E-state index >= 15 is 0 Å². The maximum absolute atomic E-state index is 12.5. The summed E-state index contributed by atoms with van der Waals surface area (Å²) in [4.78, 5) is 14.0. The van der Waals surface area contributed by atoms with E-state index in [9.17, 15) is 20.1 Å². The maximum atomic E-state index is 12.5. The third-order valence-corrected chi connectivity index (χ3v) is 6.76. The van der Waals surface area contributed by atoms with E-state index in [-0.39, 0.29) is 24.0 Å². The SMILES string of the molecule is CC(C)=CCCC(C)=CCCC(C)=CCCC(C)=CCCC(C)=CC(=O)N(C)CC(O)c1ccc(O)c(O)c1. The predicted octanol–water partition coefficient (Wildman–Crippen LogP) is 8.46. The van der Waals surface area contributed by atoms with Crippen molar-refractivity contribution in [3.05, 3.63) is 82.0 Å². The van der Waals surface area contributed by atoms with Gasteiger partial charge in [-0.1, -0.05) is 58.2 Å². The third kappa shape index (κ3) is 15.2. The Balaban J connectivity index is 2.39. The summed E-state index contributed by atoms with van der Waals surface area (Å²) in [5, 5.41) is 29.4. The average Bonchev–Trinajstić information content (AvgIpc) is 2.85. The fraction of sp³-hybridized carbons (Fsp3) is 0.500. The number of hydrogen-bond acceptors (Lipinski definition) is 4. The summed E-state index contributed by atoms with van der Waals surface area (Å²) < 4.78 is 0. The number of phenols is 2. The Morgan fingerprint density at radius 2 is 1.21 bits per heavy atom. The highest BCUT2D eigenvalue weighted by molar-refractivity contribution is 5.88. The Labute approximate surface area is 237 Å². The molecule has 1 aromatic carbocycles. The molecule has 5 nitrogen and oxygen atoms in total. The second-order valence-electron chi connectivity index (χ2n) is 11.1. The first-order valence-corrected chi connectivity index (χ1v) is 14.1. The maximum Gasteiger partial charge on any atom is 0.246 e. The molecule has 1 aromatic rings. The molecule has 1 rings (SSSR count). The fourth-order valence-electron chi connectivity index (χ4n) is 4.13. The van der Waals surface area contributed by atoms with Crippen LogP contribution in [0.2, 0.25) is 0 Å². The second-order valence-corrected chi connectivity index (χ2v) is 11.1. The molecule has 0 fully saturated rings. The summed E-state index contributed by atoms with van der Waals surface area (Å²) >= 11 is 0. The smallest absolute Gasteiger partial charge is 0.246 e. The molecule has 1 amide bonds. The number of likely N-dealkylation sites (N-methyl/N-ethyl adjacent to an activating group) is 1. The van der Waals surface area contributed by atoms with Gasteiger partial charge in [-0.25, -0.2) is 0 Å². The first-order chi connectivity index (χ1) is 18.4. The monoisotopic (exact) mass is 537 g/mol. The Kier molecular flexibility index (Phi) is 15.9. The molecule has 1 atom stereocenters. The van der Waals surface area contributed by atoms with Crippen LogP contribution in [0.15, 0.2) is 76.4 Å². The van der Waals surface area contributed by atoms with Crippen LogP contribution < -0.4 is 0 Å². The van der Waals surface area contributed by atoms with Crippen LogP contribution in [0.3, 0.4) is 0 Å². The summed E-state index contributed by atoms with van der Waals surface area (Å²) in [7, 11) is 1.64. The molecular weight excluding hydrogens is 486 g/mol. The van der Waals surface area contributed by atoms with Gasteiger partial charge in [0.05, 0.1) is 12.6 Å². The van der Waals surface area contributed by atoms with Crippen molar-refractivity contribution in [2.45, 2.75) is 99.0 Å². The Bertz CT molecular complexity index is 1070. The van der Waals surface area contributed by atoms with E-state index in [0.29, 0.717) is 5.56 Å². The van der Waals surface area contributed by atoms with Gasteiger partial charge in [-0.05, 0) is 111 Å². The predicted molar refractivity (Wildman–Crippen MR) is 164 cm³/mol. The van der Waals surface area contributed by atoms with Crippen LogP contribution in [-0.4, -0.2) is 39.7 Å². The lowest BCUT2D eigenvalue weighted by molar-refractivity contribution is -0.126. The molecule has 0 spiro atoms. The van der Waals surface area contributed by atoms with Crippen LogP contribution in [0, 0.1) is 0 Å². The first kappa shape index (κ1) is 34.0. The van der Waals surface area contributed by atoms with Gasteiger partial charge in [0, 0.05) is 13.1 Å². The summed E-state index contributed by atoms with van der Waals surface area (Å²) in [5.41, 5.74) is 7.11. The van der Waals surface area contributed by atoms with E-state index in [0.717, 1.165) is 56.9 Å². The first-order valence-electron chi connectivity index (χ1n) is 14.1. The molecule has 0 bridgehead atoms. The molecule has 216 valence electrons. The van der Waals surface area contributed by atoms with E-state index in [2.05, 4.69) is 58.9 Å². The number of rotatable bonds is 16. The van der Waals surface area contributed by atoms with Crippen LogP contribution in [0.25, 0.3) is 0 Å². The van der Waals surface area contributed by atoms with Gasteiger partial charge < -0.3 is 20.2 Å². The second kappa shape index (κ2) is 18.3. The number of carbonyl (C=O) groups excluding carboxylic acids is 1. The lowest BCUT2D eigenvalue weighted by atomic mass is 10.0. The summed E-state index contributed by atoms with van der Waals surface area (Å²) in [5.74, 6) is -0.714. The molecule has 0 aromatic heterocycles. The van der Waals surface area contributed by atoms with Crippen molar-refractivity contribution in [3.63, 3.8) is 0 Å². The molecule has 0 saturated heterocycles. The van der Waals surface area contributed by atoms with Gasteiger partial charge in [0.25, 0.3) is 0 Å². The number of aliphatic hydroxyl groups is 1. The highest BCUT2D eigenvalue weighted by Crippen LogP contribution is 2.28. The Morgan fingerprint density at radius 3 is 1.67 bits per heavy atom. The van der Waals surface area contributed by atoms with Crippen LogP contribution in [0.4, 0.5) is 0 Å². The minimum absolute atomic E-state index is 0.0882. The normalized spacial score (nSPS) is 13.8. The zero-order valence-corrected chi connectivity index (χ0v) is 25.3. The van der Waals surface area contributed by atoms with Crippen molar-refractivity contribution in [2.24, 2.45) is 0 Å². The van der Waals surface area contributed by atoms with Crippen molar-refractivity contribution in [1.82, 2.24) is 4.90 Å². The summed E-state index contributed by atoms with van der Waals surface area (Å²) in [6.07, 6.45) is 18.3. The van der Waals surface area contributed by atoms with Crippen molar-refractivity contribution >= 4 is 5.91 Å². The van der Waals surface area contributed by atoms with Gasteiger partial charge in [0.15, 0.2) is 11.5 Å². The van der Waals surface area contributed by atoms with Crippen molar-refractivity contribution in [1.29, 1.82) is 0 Å². The summed E-state index contributed by atoms with van der Waals surface area (Å²) in [6.45, 7) is 13.0. The number of benzene rings is 1. The topological polar surface area (TPSA) is 81.0 Å². The molecule has 0 aliphatic carbocycles. The van der Waals surface area contributed by atoms with Gasteiger partial charge in [-0.15, -0.1) is 0 Å². The number of phenolic OH excluding ortho intramolecular Hbond substituents is 2. The number of allylic oxidation sites excluding steroid dienone is 9. The molecule has 0 radical (unpaired) electrons. The van der Waals surface area contributed by atoms with Gasteiger partial charge in [-0.2, -0.15) is 0 Å². The Hall–Kier alpha value is -3.05. The number of aliphatic hydroxyl groups excluding tert-OH is 1. The van der Waals surface area contributed by atoms with Gasteiger partial charge in [0.2, 0.25) is 5.91 Å². The number of hydrogen-bond donors (Lipinski definition) is 3. The lowest BCUT2D eigenvalue weighted by Gasteiger charge is -2.20. The van der Waals surface area contributed by atoms with Crippen molar-refractivity contribution < 1.29 is 20.1 Å². The molecule has 0 aliphatic heterocycles. The molecule has 0 saturated carbocycles. The largest absolute Gasteiger partial charge is 0.504 e. The number of carbonyl (C=O) groups is 1. The molecule has 1 unspecified atom stereocenters. The number of aromatic hydroxyl groups is 2. The molecular formula is C34H51NO4. The molecule has 5 heteroatoms. The van der Waals surface area contributed by atoms with Crippen molar-refractivity contribution in [3.8, 4) is 11.5 Å². The standard InChI is InChI=1S/C34H51NO4/c1-25(2)12-8-13-26(3)14-9-15-27(4)16-10-17-28(5)18-11-19-29(6)22-34(39)35(7)24-33(38)30-20-21-31(36)32(37)23-30/h12,14,16,18,20-23,33,36-38H,8-11,13,15,17,19,24H2,1-7H3. The van der Waals surface area contributed by atoms with Crippen LogP contribution in [0.5, 0.6) is 11.5 Å². The van der Waals surface area contributed by atoms with E-state index in [1.807, 2.05) is 6.92 Å². The highest BCUT2D eigenvalue weighted by atomic mass is 16.3. The zero-order chi connectivity index (χ0) is 29.4. The third-order valence-electron chi connectivity index (χ3n) is 6.76. The number of amides is 1. The average molecular weight is 538 g/mol. The fourth-order valence-corrected chi connectivity index (χ4v) is 4.13. The minimum atomic E-state index is -0.958. The molecule has 39 heavy (non-hydrogen) atoms. The quantitative estimate of drug-likeness (QED) is 0.112. The molecule has 0 aliphatic rings. The van der Waals surface area contributed by atoms with Crippen LogP contribution >= 0.6 is 0 Å². The van der Waals surface area contributed by atoms with E-state index < -0.39 is 6.10 Å². The molecule has 0 heterocycles. The molecule has 3 N–H and O–H groups in total. The van der Waals surface area contributed by atoms with Crippen LogP contribution in [-0.2, 0) is 4.79 Å². The summed E-state index contributed by atoms with van der Waals surface area (Å²) in [6, 6.07) is 4.15. The highest BCUT2D eigenvalue weighted by Gasteiger charge is 2.15. The van der Waals surface area contributed by atoms with Gasteiger partial charge in [-0.3, -0.25) is 4.79 Å². The lowest BCUT2D eigenvalue weighted by Crippen LogP contribution is -2.29.